The molecule has 5 nitrogen and oxygen atoms in total. The van der Waals surface area contributed by atoms with Gasteiger partial charge < -0.3 is 14.8 Å². The van der Waals surface area contributed by atoms with Gasteiger partial charge in [0.05, 0.1) is 13.2 Å². The Balaban J connectivity index is 1.52. The number of carbonyl (C=O) groups is 1. The van der Waals surface area contributed by atoms with Crippen molar-refractivity contribution in [2.75, 3.05) is 26.3 Å². The molecular formula is C23H30N2O3. The molecule has 28 heavy (non-hydrogen) atoms. The average Bonchev–Trinajstić information content (AvgIpc) is 2.72. The van der Waals surface area contributed by atoms with Gasteiger partial charge in [-0.2, -0.15) is 0 Å². The third kappa shape index (κ3) is 6.08. The fraction of sp³-hybridized carbons (Fsp3) is 0.435. The van der Waals surface area contributed by atoms with Crippen molar-refractivity contribution in [1.82, 2.24) is 10.2 Å². The number of ether oxygens (including phenoxy) is 2. The highest BCUT2D eigenvalue weighted by Gasteiger charge is 2.18. The molecule has 1 fully saturated rings. The predicted octanol–water partition coefficient (Wildman–Crippen LogP) is 3.30. The summed E-state index contributed by atoms with van der Waals surface area (Å²) in [5.74, 6) is 0.641. The second-order valence-corrected chi connectivity index (χ2v) is 7.25. The van der Waals surface area contributed by atoms with Crippen molar-refractivity contribution in [2.45, 2.75) is 39.5 Å². The Hall–Kier alpha value is -2.37. The van der Waals surface area contributed by atoms with E-state index in [4.69, 9.17) is 9.47 Å². The van der Waals surface area contributed by atoms with Crippen LogP contribution in [-0.4, -0.2) is 43.2 Å². The SMILES string of the molecule is CC[C@H](Oc1ccc(C)cc1)C(=O)NCc1cccc(CN2CCOCC2)c1. The first kappa shape index (κ1) is 20.4. The monoisotopic (exact) mass is 382 g/mol. The Kier molecular flexibility index (Phi) is 7.46. The third-order valence-electron chi connectivity index (χ3n) is 4.93. The molecule has 0 saturated carbocycles. The number of nitrogens with zero attached hydrogens (tertiary/aromatic N) is 1. The van der Waals surface area contributed by atoms with Gasteiger partial charge in [0.2, 0.25) is 0 Å². The summed E-state index contributed by atoms with van der Waals surface area (Å²) < 4.78 is 11.3. The van der Waals surface area contributed by atoms with Crippen molar-refractivity contribution < 1.29 is 14.3 Å². The average molecular weight is 383 g/mol. The standard InChI is InChI=1S/C23H30N2O3/c1-3-22(28-21-9-7-18(2)8-10-21)23(26)24-16-19-5-4-6-20(15-19)17-25-11-13-27-14-12-25/h4-10,15,22H,3,11-14,16-17H2,1-2H3,(H,24,26)/t22-/m0/s1. The summed E-state index contributed by atoms with van der Waals surface area (Å²) in [7, 11) is 0. The summed E-state index contributed by atoms with van der Waals surface area (Å²) in [5, 5.41) is 3.01. The van der Waals surface area contributed by atoms with Gasteiger partial charge in [-0.1, -0.05) is 48.9 Å². The third-order valence-corrected chi connectivity index (χ3v) is 4.93. The van der Waals surface area contributed by atoms with E-state index in [1.807, 2.05) is 44.2 Å². The van der Waals surface area contributed by atoms with Gasteiger partial charge in [0.15, 0.2) is 6.10 Å². The lowest BCUT2D eigenvalue weighted by Crippen LogP contribution is -2.37. The molecule has 1 heterocycles. The molecule has 1 aliphatic rings. The lowest BCUT2D eigenvalue weighted by atomic mass is 10.1. The number of benzene rings is 2. The van der Waals surface area contributed by atoms with Crippen LogP contribution in [0.25, 0.3) is 0 Å². The molecule has 150 valence electrons. The van der Waals surface area contributed by atoms with Crippen LogP contribution in [0.2, 0.25) is 0 Å². The molecule has 5 heteroatoms. The Morgan fingerprint density at radius 1 is 1.14 bits per heavy atom. The lowest BCUT2D eigenvalue weighted by Gasteiger charge is -2.26. The van der Waals surface area contributed by atoms with Crippen molar-refractivity contribution in [2.24, 2.45) is 0 Å². The largest absolute Gasteiger partial charge is 0.481 e. The molecule has 3 rings (SSSR count). The molecule has 1 N–H and O–H groups in total. The minimum absolute atomic E-state index is 0.0818. The Morgan fingerprint density at radius 2 is 1.86 bits per heavy atom. The Bertz CT molecular complexity index is 755. The van der Waals surface area contributed by atoms with E-state index in [0.29, 0.717) is 13.0 Å². The highest BCUT2D eigenvalue weighted by Crippen LogP contribution is 2.15. The first-order valence-electron chi connectivity index (χ1n) is 10.0. The molecule has 0 bridgehead atoms. The van der Waals surface area contributed by atoms with E-state index in [1.54, 1.807) is 0 Å². The number of aryl methyl sites for hydroxylation is 1. The second kappa shape index (κ2) is 10.2. The van der Waals surface area contributed by atoms with Crippen molar-refractivity contribution >= 4 is 5.91 Å². The fourth-order valence-electron chi connectivity index (χ4n) is 3.26. The molecule has 2 aromatic rings. The quantitative estimate of drug-likeness (QED) is 0.761. The zero-order chi connectivity index (χ0) is 19.8. The minimum Gasteiger partial charge on any atom is -0.481 e. The molecule has 0 aromatic heterocycles. The van der Waals surface area contributed by atoms with Crippen LogP contribution in [0.15, 0.2) is 48.5 Å². The molecule has 1 amide bonds. The first-order valence-corrected chi connectivity index (χ1v) is 10.0. The summed E-state index contributed by atoms with van der Waals surface area (Å²) in [4.78, 5) is 15.0. The van der Waals surface area contributed by atoms with Gasteiger partial charge in [-0.05, 0) is 36.6 Å². The number of rotatable bonds is 8. The zero-order valence-corrected chi connectivity index (χ0v) is 16.8. The van der Waals surface area contributed by atoms with Gasteiger partial charge in [0, 0.05) is 26.2 Å². The molecule has 0 aliphatic carbocycles. The summed E-state index contributed by atoms with van der Waals surface area (Å²) in [6, 6.07) is 16.2. The van der Waals surface area contributed by atoms with Crippen LogP contribution in [-0.2, 0) is 22.6 Å². The maximum Gasteiger partial charge on any atom is 0.261 e. The van der Waals surface area contributed by atoms with Gasteiger partial charge in [-0.3, -0.25) is 9.69 Å². The number of morpholine rings is 1. The minimum atomic E-state index is -0.487. The van der Waals surface area contributed by atoms with E-state index in [1.165, 1.54) is 11.1 Å². The molecule has 1 atom stereocenters. The van der Waals surface area contributed by atoms with Crippen LogP contribution in [0, 0.1) is 6.92 Å². The summed E-state index contributed by atoms with van der Waals surface area (Å²) in [6.45, 7) is 8.94. The summed E-state index contributed by atoms with van der Waals surface area (Å²) in [5.41, 5.74) is 3.53. The normalized spacial score (nSPS) is 15.8. The maximum absolute atomic E-state index is 12.6. The van der Waals surface area contributed by atoms with Crippen LogP contribution < -0.4 is 10.1 Å². The van der Waals surface area contributed by atoms with E-state index in [-0.39, 0.29) is 5.91 Å². The second-order valence-electron chi connectivity index (χ2n) is 7.25. The zero-order valence-electron chi connectivity index (χ0n) is 16.8. The number of hydrogen-bond acceptors (Lipinski definition) is 4. The van der Waals surface area contributed by atoms with Gasteiger partial charge in [-0.15, -0.1) is 0 Å². The van der Waals surface area contributed by atoms with Crippen molar-refractivity contribution in [3.63, 3.8) is 0 Å². The van der Waals surface area contributed by atoms with Crippen molar-refractivity contribution in [1.29, 1.82) is 0 Å². The van der Waals surface area contributed by atoms with Crippen LogP contribution in [0.3, 0.4) is 0 Å². The van der Waals surface area contributed by atoms with Gasteiger partial charge in [0.1, 0.15) is 5.75 Å². The van der Waals surface area contributed by atoms with Crippen LogP contribution in [0.4, 0.5) is 0 Å². The van der Waals surface area contributed by atoms with Crippen LogP contribution in [0.5, 0.6) is 5.75 Å². The molecule has 0 unspecified atom stereocenters. The lowest BCUT2D eigenvalue weighted by molar-refractivity contribution is -0.128. The van der Waals surface area contributed by atoms with Crippen molar-refractivity contribution in [3.05, 3.63) is 65.2 Å². The number of hydrogen-bond donors (Lipinski definition) is 1. The molecular weight excluding hydrogens is 352 g/mol. The fourth-order valence-corrected chi connectivity index (χ4v) is 3.26. The predicted molar refractivity (Wildman–Crippen MR) is 110 cm³/mol. The summed E-state index contributed by atoms with van der Waals surface area (Å²) >= 11 is 0. The van der Waals surface area contributed by atoms with E-state index >= 15 is 0 Å². The Morgan fingerprint density at radius 3 is 2.57 bits per heavy atom. The molecule has 0 radical (unpaired) electrons. The van der Waals surface area contributed by atoms with E-state index < -0.39 is 6.10 Å². The highest BCUT2D eigenvalue weighted by atomic mass is 16.5. The number of carbonyl (C=O) groups excluding carboxylic acids is 1. The van der Waals surface area contributed by atoms with E-state index in [2.05, 4.69) is 28.4 Å². The van der Waals surface area contributed by atoms with Gasteiger partial charge in [-0.25, -0.2) is 0 Å². The molecule has 1 aliphatic heterocycles. The maximum atomic E-state index is 12.6. The van der Waals surface area contributed by atoms with Crippen LogP contribution in [0.1, 0.15) is 30.0 Å². The first-order chi connectivity index (χ1) is 13.6. The summed E-state index contributed by atoms with van der Waals surface area (Å²) in [6.07, 6.45) is 0.135. The van der Waals surface area contributed by atoms with Crippen LogP contribution >= 0.6 is 0 Å². The topological polar surface area (TPSA) is 50.8 Å². The smallest absolute Gasteiger partial charge is 0.261 e. The number of amides is 1. The van der Waals surface area contributed by atoms with E-state index in [0.717, 1.165) is 44.2 Å². The molecule has 2 aromatic carbocycles. The highest BCUT2D eigenvalue weighted by molar-refractivity contribution is 5.81. The Labute approximate surface area is 167 Å². The number of nitrogens with one attached hydrogen (secondary N) is 1. The molecule has 0 spiro atoms. The molecule has 1 saturated heterocycles. The van der Waals surface area contributed by atoms with Gasteiger partial charge >= 0.3 is 0 Å². The van der Waals surface area contributed by atoms with E-state index in [9.17, 15) is 4.79 Å². The van der Waals surface area contributed by atoms with Crippen molar-refractivity contribution in [3.8, 4) is 5.75 Å². The van der Waals surface area contributed by atoms with Gasteiger partial charge in [0.25, 0.3) is 5.91 Å².